The van der Waals surface area contributed by atoms with E-state index in [0.717, 1.165) is 15.5 Å². The van der Waals surface area contributed by atoms with Crippen molar-refractivity contribution in [3.05, 3.63) is 59.5 Å². The van der Waals surface area contributed by atoms with Gasteiger partial charge < -0.3 is 0 Å². The second-order valence-electron chi connectivity index (χ2n) is 3.78. The van der Waals surface area contributed by atoms with E-state index in [1.54, 1.807) is 12.4 Å². The van der Waals surface area contributed by atoms with Crippen molar-refractivity contribution in [3.8, 4) is 11.1 Å². The highest BCUT2D eigenvalue weighted by molar-refractivity contribution is 9.10. The Hall–Kier alpha value is -1.74. The molecule has 0 atom stereocenters. The molecule has 3 aromatic rings. The Morgan fingerprint density at radius 1 is 0.824 bits per heavy atom. The summed E-state index contributed by atoms with van der Waals surface area (Å²) in [5, 5.41) is 1.14. The fraction of sp³-hybridized carbons (Fsp3) is 0. The Kier molecular flexibility index (Phi) is 2.61. The van der Waals surface area contributed by atoms with Gasteiger partial charge in [0.1, 0.15) is 4.60 Å². The molecule has 2 aromatic heterocycles. The lowest BCUT2D eigenvalue weighted by atomic mass is 10.0. The van der Waals surface area contributed by atoms with Crippen molar-refractivity contribution in [2.75, 3.05) is 0 Å². The van der Waals surface area contributed by atoms with Crippen LogP contribution < -0.4 is 0 Å². The largest absolute Gasteiger partial charge is 0.265 e. The minimum atomic E-state index is 0.863. The number of hydrogen-bond acceptors (Lipinski definition) is 2. The Balaban J connectivity index is 2.17. The fourth-order valence-electron chi connectivity index (χ4n) is 1.82. The average Bonchev–Trinajstić information content (AvgIpc) is 2.39. The van der Waals surface area contributed by atoms with Crippen LogP contribution in [0.15, 0.2) is 59.5 Å². The van der Waals surface area contributed by atoms with Crippen LogP contribution in [0.1, 0.15) is 0 Å². The number of halogens is 1. The number of pyridine rings is 2. The third-order valence-corrected chi connectivity index (χ3v) is 3.11. The van der Waals surface area contributed by atoms with Crippen molar-refractivity contribution < 1.29 is 0 Å². The number of benzene rings is 1. The molecule has 0 N–H and O–H groups in total. The van der Waals surface area contributed by atoms with Crippen LogP contribution in [0, 0.1) is 0 Å². The first-order valence-corrected chi connectivity index (χ1v) is 6.09. The van der Waals surface area contributed by atoms with Crippen molar-refractivity contribution in [3.63, 3.8) is 0 Å². The van der Waals surface area contributed by atoms with Gasteiger partial charge in [0, 0.05) is 17.8 Å². The SMILES string of the molecule is Brc1ccc2cc(-c3ccncc3)ccc2n1. The molecular formula is C14H9BrN2. The quantitative estimate of drug-likeness (QED) is 0.630. The molecule has 0 radical (unpaired) electrons. The highest BCUT2D eigenvalue weighted by Crippen LogP contribution is 2.24. The highest BCUT2D eigenvalue weighted by atomic mass is 79.9. The predicted molar refractivity (Wildman–Crippen MR) is 72.7 cm³/mol. The molecule has 17 heavy (non-hydrogen) atoms. The number of aromatic nitrogens is 2. The van der Waals surface area contributed by atoms with Crippen LogP contribution in [0.5, 0.6) is 0 Å². The Labute approximate surface area is 107 Å². The zero-order valence-electron chi connectivity index (χ0n) is 8.97. The highest BCUT2D eigenvalue weighted by Gasteiger charge is 2.00. The fourth-order valence-corrected chi connectivity index (χ4v) is 2.15. The second kappa shape index (κ2) is 4.26. The molecule has 0 fully saturated rings. The van der Waals surface area contributed by atoms with Gasteiger partial charge in [-0.25, -0.2) is 4.98 Å². The van der Waals surface area contributed by atoms with Gasteiger partial charge in [0.05, 0.1) is 5.52 Å². The maximum atomic E-state index is 4.41. The third-order valence-electron chi connectivity index (χ3n) is 2.67. The molecule has 2 nitrogen and oxygen atoms in total. The first kappa shape index (κ1) is 10.4. The van der Waals surface area contributed by atoms with Gasteiger partial charge in [-0.2, -0.15) is 0 Å². The van der Waals surface area contributed by atoms with E-state index in [4.69, 9.17) is 0 Å². The predicted octanol–water partition coefficient (Wildman–Crippen LogP) is 4.06. The molecule has 0 aliphatic heterocycles. The van der Waals surface area contributed by atoms with Crippen molar-refractivity contribution in [2.45, 2.75) is 0 Å². The normalized spacial score (nSPS) is 10.6. The summed E-state index contributed by atoms with van der Waals surface area (Å²) in [6, 6.07) is 14.3. The topological polar surface area (TPSA) is 25.8 Å². The minimum Gasteiger partial charge on any atom is -0.265 e. The monoisotopic (exact) mass is 284 g/mol. The lowest BCUT2D eigenvalue weighted by molar-refractivity contribution is 1.33. The van der Waals surface area contributed by atoms with Crippen LogP contribution in [0.3, 0.4) is 0 Å². The van der Waals surface area contributed by atoms with Gasteiger partial charge in [0.15, 0.2) is 0 Å². The first-order chi connectivity index (χ1) is 8.33. The molecule has 0 aliphatic rings. The van der Waals surface area contributed by atoms with Crippen molar-refractivity contribution in [1.29, 1.82) is 0 Å². The Morgan fingerprint density at radius 2 is 1.65 bits per heavy atom. The van der Waals surface area contributed by atoms with E-state index >= 15 is 0 Å². The van der Waals surface area contributed by atoms with Gasteiger partial charge in [-0.05, 0) is 57.4 Å². The molecule has 1 aromatic carbocycles. The molecular weight excluding hydrogens is 276 g/mol. The van der Waals surface area contributed by atoms with E-state index in [1.807, 2.05) is 24.3 Å². The Morgan fingerprint density at radius 3 is 2.47 bits per heavy atom. The van der Waals surface area contributed by atoms with Crippen LogP contribution in [-0.2, 0) is 0 Å². The van der Waals surface area contributed by atoms with Crippen molar-refractivity contribution >= 4 is 26.8 Å². The molecule has 3 heteroatoms. The van der Waals surface area contributed by atoms with Gasteiger partial charge in [-0.15, -0.1) is 0 Å². The molecule has 0 bridgehead atoms. The molecule has 2 heterocycles. The smallest absolute Gasteiger partial charge is 0.106 e. The molecule has 0 saturated carbocycles. The van der Waals surface area contributed by atoms with Crippen molar-refractivity contribution in [1.82, 2.24) is 9.97 Å². The lowest BCUT2D eigenvalue weighted by Crippen LogP contribution is -1.82. The first-order valence-electron chi connectivity index (χ1n) is 5.30. The summed E-state index contributed by atoms with van der Waals surface area (Å²) < 4.78 is 0.863. The van der Waals surface area contributed by atoms with Gasteiger partial charge in [-0.1, -0.05) is 12.1 Å². The molecule has 0 spiro atoms. The van der Waals surface area contributed by atoms with Crippen LogP contribution in [-0.4, -0.2) is 9.97 Å². The number of fused-ring (bicyclic) bond motifs is 1. The summed E-state index contributed by atoms with van der Waals surface area (Å²) in [7, 11) is 0. The summed E-state index contributed by atoms with van der Waals surface area (Å²) in [6.07, 6.45) is 3.61. The van der Waals surface area contributed by atoms with E-state index in [1.165, 1.54) is 11.1 Å². The molecule has 82 valence electrons. The summed E-state index contributed by atoms with van der Waals surface area (Å²) in [6.45, 7) is 0. The minimum absolute atomic E-state index is 0.863. The van der Waals surface area contributed by atoms with Crippen molar-refractivity contribution in [2.24, 2.45) is 0 Å². The standard InChI is InChI=1S/C14H9BrN2/c15-14-4-2-12-9-11(1-3-13(12)17-14)10-5-7-16-8-6-10/h1-9H. The zero-order chi connectivity index (χ0) is 11.7. The average molecular weight is 285 g/mol. The zero-order valence-corrected chi connectivity index (χ0v) is 10.6. The number of rotatable bonds is 1. The lowest BCUT2D eigenvalue weighted by Gasteiger charge is -2.03. The van der Waals surface area contributed by atoms with Crippen LogP contribution in [0.25, 0.3) is 22.0 Å². The maximum absolute atomic E-state index is 4.41. The summed E-state index contributed by atoms with van der Waals surface area (Å²) in [4.78, 5) is 8.44. The van der Waals surface area contributed by atoms with Gasteiger partial charge in [0.2, 0.25) is 0 Å². The molecule has 0 saturated heterocycles. The Bertz CT molecular complexity index is 665. The molecule has 0 aliphatic carbocycles. The van der Waals surface area contributed by atoms with Gasteiger partial charge in [-0.3, -0.25) is 4.98 Å². The molecule has 3 rings (SSSR count). The van der Waals surface area contributed by atoms with E-state index in [0.29, 0.717) is 0 Å². The summed E-state index contributed by atoms with van der Waals surface area (Å²) >= 11 is 3.38. The number of hydrogen-bond donors (Lipinski definition) is 0. The summed E-state index contributed by atoms with van der Waals surface area (Å²) in [5.74, 6) is 0. The van der Waals surface area contributed by atoms with Gasteiger partial charge >= 0.3 is 0 Å². The molecule has 0 unspecified atom stereocenters. The molecule has 0 amide bonds. The van der Waals surface area contributed by atoms with E-state index < -0.39 is 0 Å². The van der Waals surface area contributed by atoms with Crippen LogP contribution in [0.2, 0.25) is 0 Å². The second-order valence-corrected chi connectivity index (χ2v) is 4.59. The van der Waals surface area contributed by atoms with Crippen LogP contribution >= 0.6 is 15.9 Å². The van der Waals surface area contributed by atoms with Crippen LogP contribution in [0.4, 0.5) is 0 Å². The van der Waals surface area contributed by atoms with E-state index in [-0.39, 0.29) is 0 Å². The van der Waals surface area contributed by atoms with E-state index in [2.05, 4.69) is 44.1 Å². The maximum Gasteiger partial charge on any atom is 0.106 e. The van der Waals surface area contributed by atoms with Gasteiger partial charge in [0.25, 0.3) is 0 Å². The number of nitrogens with zero attached hydrogens (tertiary/aromatic N) is 2. The van der Waals surface area contributed by atoms with E-state index in [9.17, 15) is 0 Å². The third kappa shape index (κ3) is 2.06. The summed E-state index contributed by atoms with van der Waals surface area (Å²) in [5.41, 5.74) is 3.35.